The number of hydrogen-bond acceptors (Lipinski definition) is 2. The summed E-state index contributed by atoms with van der Waals surface area (Å²) in [6.07, 6.45) is 1.23. The van der Waals surface area contributed by atoms with Crippen molar-refractivity contribution in [2.45, 2.75) is 25.5 Å². The van der Waals surface area contributed by atoms with Crippen molar-refractivity contribution in [2.75, 3.05) is 12.4 Å². The Hall–Kier alpha value is -0.150. The van der Waals surface area contributed by atoms with Gasteiger partial charge in [0.05, 0.1) is 6.61 Å². The van der Waals surface area contributed by atoms with E-state index in [9.17, 15) is 0 Å². The number of hydrogen-bond donors (Lipinski definition) is 0. The molecular weight excluding hydrogens is 272 g/mol. The van der Waals surface area contributed by atoms with E-state index in [0.29, 0.717) is 0 Å². The molecule has 0 aromatic heterocycles. The monoisotopic (exact) mass is 288 g/mol. The smallest absolute Gasteiger partial charge is 0.119 e. The molecule has 0 radical (unpaired) electrons. The Bertz CT molecular complexity index is 273. The zero-order valence-corrected chi connectivity index (χ0v) is 11.6. The Morgan fingerprint density at radius 3 is 2.60 bits per heavy atom. The molecule has 1 aromatic carbocycles. The molecule has 0 saturated carbocycles. The van der Waals surface area contributed by atoms with Crippen molar-refractivity contribution in [3.63, 3.8) is 0 Å². The van der Waals surface area contributed by atoms with E-state index in [4.69, 9.17) is 4.74 Å². The van der Waals surface area contributed by atoms with Gasteiger partial charge in [0, 0.05) is 15.5 Å². The molecular formula is C12H17BrOS. The maximum absolute atomic E-state index is 5.61. The number of rotatable bonds is 6. The summed E-state index contributed by atoms with van der Waals surface area (Å²) in [5, 5.41) is 0.735. The molecule has 15 heavy (non-hydrogen) atoms. The third kappa shape index (κ3) is 5.47. The first kappa shape index (κ1) is 12.9. The van der Waals surface area contributed by atoms with Crippen LogP contribution >= 0.6 is 27.7 Å². The molecule has 0 N–H and O–H groups in total. The fraction of sp³-hybridized carbons (Fsp3) is 0.500. The Kier molecular flexibility index (Phi) is 6.18. The van der Waals surface area contributed by atoms with E-state index in [1.54, 1.807) is 0 Å². The van der Waals surface area contributed by atoms with Crippen LogP contribution in [0.5, 0.6) is 5.75 Å². The number of ether oxygens (including phenoxy) is 1. The van der Waals surface area contributed by atoms with Crippen LogP contribution in [0.1, 0.15) is 20.3 Å². The highest BCUT2D eigenvalue weighted by atomic mass is 79.9. The maximum atomic E-state index is 5.61. The molecule has 0 aliphatic rings. The maximum Gasteiger partial charge on any atom is 0.119 e. The molecule has 0 amide bonds. The molecule has 1 nitrogen and oxygen atoms in total. The lowest BCUT2D eigenvalue weighted by atomic mass is 10.3. The third-order valence-corrected chi connectivity index (χ3v) is 3.98. The van der Waals surface area contributed by atoms with Gasteiger partial charge in [-0.1, -0.05) is 29.8 Å². The fourth-order valence-electron chi connectivity index (χ4n) is 1.06. The summed E-state index contributed by atoms with van der Waals surface area (Å²) in [6, 6.07) is 7.96. The van der Waals surface area contributed by atoms with Gasteiger partial charge in [-0.2, -0.15) is 11.8 Å². The number of halogens is 1. The lowest BCUT2D eigenvalue weighted by Gasteiger charge is -2.09. The molecule has 0 aliphatic heterocycles. The molecule has 0 saturated heterocycles. The minimum atomic E-state index is 0.735. The van der Waals surface area contributed by atoms with Gasteiger partial charge in [-0.05, 0) is 30.7 Å². The predicted octanol–water partition coefficient (Wildman–Crippen LogP) is 4.36. The Balaban J connectivity index is 2.17. The first-order valence-corrected chi connectivity index (χ1v) is 7.06. The summed E-state index contributed by atoms with van der Waals surface area (Å²) >= 11 is 5.36. The standard InChI is InChI=1S/C12H17BrOS/c1-3-10(2)15-9-8-14-12-6-4-11(13)5-7-12/h4-7,10H,3,8-9H2,1-2H3/t10-/m0/s1. The molecule has 84 valence electrons. The summed E-state index contributed by atoms with van der Waals surface area (Å²) < 4.78 is 6.70. The molecule has 0 fully saturated rings. The highest BCUT2D eigenvalue weighted by molar-refractivity contribution is 9.10. The second kappa shape index (κ2) is 7.18. The van der Waals surface area contributed by atoms with Crippen LogP contribution in [0.25, 0.3) is 0 Å². The largest absolute Gasteiger partial charge is 0.493 e. The molecule has 0 unspecified atom stereocenters. The SMILES string of the molecule is CC[C@H](C)SCCOc1ccc(Br)cc1. The number of thioether (sulfide) groups is 1. The Morgan fingerprint density at radius 2 is 2.00 bits per heavy atom. The molecule has 1 aromatic rings. The minimum absolute atomic E-state index is 0.735. The van der Waals surface area contributed by atoms with Crippen LogP contribution < -0.4 is 4.74 Å². The lowest BCUT2D eigenvalue weighted by molar-refractivity contribution is 0.344. The average Bonchev–Trinajstić information content (AvgIpc) is 2.26. The second-order valence-electron chi connectivity index (χ2n) is 3.39. The van der Waals surface area contributed by atoms with Crippen LogP contribution in [0.4, 0.5) is 0 Å². The van der Waals surface area contributed by atoms with Crippen LogP contribution in [-0.4, -0.2) is 17.6 Å². The molecule has 0 aliphatic carbocycles. The topological polar surface area (TPSA) is 9.23 Å². The van der Waals surface area contributed by atoms with Gasteiger partial charge in [0.15, 0.2) is 0 Å². The summed E-state index contributed by atoms with van der Waals surface area (Å²) in [5.41, 5.74) is 0. The van der Waals surface area contributed by atoms with Crippen molar-refractivity contribution < 1.29 is 4.74 Å². The fourth-order valence-corrected chi connectivity index (χ4v) is 2.14. The van der Waals surface area contributed by atoms with E-state index in [-0.39, 0.29) is 0 Å². The van der Waals surface area contributed by atoms with Gasteiger partial charge in [-0.25, -0.2) is 0 Å². The molecule has 0 spiro atoms. The van der Waals surface area contributed by atoms with Crippen LogP contribution in [0, 0.1) is 0 Å². The molecule has 3 heteroatoms. The molecule has 1 rings (SSSR count). The van der Waals surface area contributed by atoms with Crippen molar-refractivity contribution in [1.82, 2.24) is 0 Å². The normalized spacial score (nSPS) is 12.5. The van der Waals surface area contributed by atoms with E-state index in [0.717, 1.165) is 27.8 Å². The predicted molar refractivity (Wildman–Crippen MR) is 71.8 cm³/mol. The van der Waals surface area contributed by atoms with Crippen molar-refractivity contribution in [3.05, 3.63) is 28.7 Å². The molecule has 1 atom stereocenters. The third-order valence-electron chi connectivity index (χ3n) is 2.14. The zero-order valence-electron chi connectivity index (χ0n) is 9.20. The van der Waals surface area contributed by atoms with Gasteiger partial charge in [0.2, 0.25) is 0 Å². The van der Waals surface area contributed by atoms with Crippen molar-refractivity contribution in [2.24, 2.45) is 0 Å². The second-order valence-corrected chi connectivity index (χ2v) is 5.85. The number of benzene rings is 1. The summed E-state index contributed by atoms with van der Waals surface area (Å²) in [4.78, 5) is 0. The van der Waals surface area contributed by atoms with Crippen LogP contribution in [0.2, 0.25) is 0 Å². The van der Waals surface area contributed by atoms with Gasteiger partial charge in [0.1, 0.15) is 5.75 Å². The van der Waals surface area contributed by atoms with E-state index < -0.39 is 0 Å². The van der Waals surface area contributed by atoms with Gasteiger partial charge in [-0.15, -0.1) is 0 Å². The lowest BCUT2D eigenvalue weighted by Crippen LogP contribution is -2.03. The summed E-state index contributed by atoms with van der Waals surface area (Å²) in [7, 11) is 0. The Morgan fingerprint density at radius 1 is 1.33 bits per heavy atom. The minimum Gasteiger partial charge on any atom is -0.493 e. The average molecular weight is 289 g/mol. The van der Waals surface area contributed by atoms with Gasteiger partial charge in [0.25, 0.3) is 0 Å². The summed E-state index contributed by atoms with van der Waals surface area (Å²) in [5.74, 6) is 2.01. The van der Waals surface area contributed by atoms with Crippen LogP contribution in [0.15, 0.2) is 28.7 Å². The van der Waals surface area contributed by atoms with Crippen molar-refractivity contribution in [3.8, 4) is 5.75 Å². The van der Waals surface area contributed by atoms with E-state index in [1.807, 2.05) is 36.0 Å². The highest BCUT2D eigenvalue weighted by Gasteiger charge is 1.99. The Labute approximate surface area is 105 Å². The first-order valence-electron chi connectivity index (χ1n) is 5.22. The van der Waals surface area contributed by atoms with Crippen LogP contribution in [-0.2, 0) is 0 Å². The zero-order chi connectivity index (χ0) is 11.1. The van der Waals surface area contributed by atoms with E-state index >= 15 is 0 Å². The van der Waals surface area contributed by atoms with Gasteiger partial charge in [-0.3, -0.25) is 0 Å². The van der Waals surface area contributed by atoms with Crippen LogP contribution in [0.3, 0.4) is 0 Å². The van der Waals surface area contributed by atoms with E-state index in [2.05, 4.69) is 29.8 Å². The summed E-state index contributed by atoms with van der Waals surface area (Å²) in [6.45, 7) is 5.26. The quantitative estimate of drug-likeness (QED) is 0.720. The van der Waals surface area contributed by atoms with Crippen molar-refractivity contribution >= 4 is 27.7 Å². The van der Waals surface area contributed by atoms with Gasteiger partial charge < -0.3 is 4.74 Å². The first-order chi connectivity index (χ1) is 7.22. The van der Waals surface area contributed by atoms with E-state index in [1.165, 1.54) is 6.42 Å². The van der Waals surface area contributed by atoms with Crippen molar-refractivity contribution in [1.29, 1.82) is 0 Å². The highest BCUT2D eigenvalue weighted by Crippen LogP contribution is 2.17. The molecule has 0 heterocycles. The molecule has 0 bridgehead atoms. The van der Waals surface area contributed by atoms with Gasteiger partial charge >= 0.3 is 0 Å².